The van der Waals surface area contributed by atoms with Crippen LogP contribution in [0.5, 0.6) is 0 Å². The Balaban J connectivity index is 2.43. The van der Waals surface area contributed by atoms with Gasteiger partial charge in [0.2, 0.25) is 0 Å². The average Bonchev–Trinajstić information content (AvgIpc) is 2.05. The fourth-order valence-corrected chi connectivity index (χ4v) is 1.64. The third-order valence-electron chi connectivity index (χ3n) is 2.61. The summed E-state index contributed by atoms with van der Waals surface area (Å²) < 4.78 is 25.9. The van der Waals surface area contributed by atoms with Gasteiger partial charge >= 0.3 is 0 Å². The van der Waals surface area contributed by atoms with E-state index < -0.39 is 17.2 Å². The summed E-state index contributed by atoms with van der Waals surface area (Å²) in [5.41, 5.74) is -1.02. The van der Waals surface area contributed by atoms with Crippen LogP contribution in [0, 0.1) is 11.6 Å². The molecule has 0 unspecified atom stereocenters. The zero-order chi connectivity index (χ0) is 9.47. The molecule has 1 saturated carbocycles. The van der Waals surface area contributed by atoms with Crippen molar-refractivity contribution in [2.24, 2.45) is 0 Å². The summed E-state index contributed by atoms with van der Waals surface area (Å²) >= 11 is 0. The van der Waals surface area contributed by atoms with Gasteiger partial charge in [-0.2, -0.15) is 0 Å². The summed E-state index contributed by atoms with van der Waals surface area (Å²) in [5.74, 6) is -1.03. The van der Waals surface area contributed by atoms with Crippen LogP contribution in [-0.2, 0) is 5.60 Å². The molecule has 70 valence electrons. The summed E-state index contributed by atoms with van der Waals surface area (Å²) in [6, 6.07) is 3.19. The maximum Gasteiger partial charge on any atom is 0.129 e. The van der Waals surface area contributed by atoms with Crippen molar-refractivity contribution < 1.29 is 13.9 Å². The molecule has 0 aromatic heterocycles. The summed E-state index contributed by atoms with van der Waals surface area (Å²) in [6.45, 7) is 0. The molecule has 1 aromatic carbocycles. The summed E-state index contributed by atoms with van der Waals surface area (Å²) in [7, 11) is 0. The number of halogens is 2. The number of rotatable bonds is 1. The van der Waals surface area contributed by atoms with E-state index in [0.29, 0.717) is 12.8 Å². The van der Waals surface area contributed by atoms with E-state index in [0.717, 1.165) is 24.6 Å². The zero-order valence-corrected chi connectivity index (χ0v) is 7.06. The normalized spacial score (nSPS) is 19.6. The van der Waals surface area contributed by atoms with Crippen molar-refractivity contribution in [1.82, 2.24) is 0 Å². The first-order valence-electron chi connectivity index (χ1n) is 4.30. The molecule has 1 aromatic rings. The van der Waals surface area contributed by atoms with Crippen molar-refractivity contribution in [3.63, 3.8) is 0 Å². The summed E-state index contributed by atoms with van der Waals surface area (Å²) in [6.07, 6.45) is 1.91. The van der Waals surface area contributed by atoms with Gasteiger partial charge in [0.15, 0.2) is 0 Å². The van der Waals surface area contributed by atoms with E-state index in [1.54, 1.807) is 0 Å². The summed E-state index contributed by atoms with van der Waals surface area (Å²) in [4.78, 5) is 0. The van der Waals surface area contributed by atoms with Crippen molar-refractivity contribution in [2.45, 2.75) is 24.9 Å². The van der Waals surface area contributed by atoms with Crippen LogP contribution in [0.4, 0.5) is 8.78 Å². The standard InChI is InChI=1S/C10H10F2O/c11-7-2-3-9(12)8(6-7)10(13)4-1-5-10/h2-3,6,13H,1,4-5H2. The fourth-order valence-electron chi connectivity index (χ4n) is 1.64. The van der Waals surface area contributed by atoms with Crippen LogP contribution in [0.25, 0.3) is 0 Å². The van der Waals surface area contributed by atoms with E-state index >= 15 is 0 Å². The highest BCUT2D eigenvalue weighted by Crippen LogP contribution is 2.42. The molecule has 13 heavy (non-hydrogen) atoms. The second-order valence-corrected chi connectivity index (χ2v) is 3.51. The average molecular weight is 184 g/mol. The molecule has 0 heterocycles. The first-order chi connectivity index (χ1) is 6.12. The van der Waals surface area contributed by atoms with E-state index in [2.05, 4.69) is 0 Å². The van der Waals surface area contributed by atoms with Crippen molar-refractivity contribution in [1.29, 1.82) is 0 Å². The quantitative estimate of drug-likeness (QED) is 0.710. The molecular weight excluding hydrogens is 174 g/mol. The van der Waals surface area contributed by atoms with Crippen molar-refractivity contribution in [3.05, 3.63) is 35.4 Å². The molecular formula is C10H10F2O. The monoisotopic (exact) mass is 184 g/mol. The molecule has 1 nitrogen and oxygen atoms in total. The Hall–Kier alpha value is -0.960. The van der Waals surface area contributed by atoms with Gasteiger partial charge in [-0.15, -0.1) is 0 Å². The van der Waals surface area contributed by atoms with Crippen LogP contribution in [0.1, 0.15) is 24.8 Å². The van der Waals surface area contributed by atoms with Gasteiger partial charge in [-0.05, 0) is 37.5 Å². The SMILES string of the molecule is OC1(c2cc(F)ccc2F)CCC1. The molecule has 1 fully saturated rings. The largest absolute Gasteiger partial charge is 0.385 e. The Bertz CT molecular complexity index is 332. The smallest absolute Gasteiger partial charge is 0.129 e. The predicted molar refractivity (Wildman–Crippen MR) is 44.1 cm³/mol. The zero-order valence-electron chi connectivity index (χ0n) is 7.06. The van der Waals surface area contributed by atoms with Crippen LogP contribution in [0.3, 0.4) is 0 Å². The van der Waals surface area contributed by atoms with Gasteiger partial charge in [-0.25, -0.2) is 8.78 Å². The summed E-state index contributed by atoms with van der Waals surface area (Å²) in [5, 5.41) is 9.78. The minimum Gasteiger partial charge on any atom is -0.385 e. The lowest BCUT2D eigenvalue weighted by molar-refractivity contribution is -0.0418. The maximum atomic E-state index is 13.2. The lowest BCUT2D eigenvalue weighted by Crippen LogP contribution is -2.34. The van der Waals surface area contributed by atoms with Gasteiger partial charge in [0.1, 0.15) is 11.6 Å². The Morgan fingerprint density at radius 2 is 1.92 bits per heavy atom. The Labute approximate surface area is 75.0 Å². The molecule has 0 atom stereocenters. The molecule has 0 aliphatic heterocycles. The van der Waals surface area contributed by atoms with E-state index in [4.69, 9.17) is 0 Å². The minimum atomic E-state index is -1.12. The second-order valence-electron chi connectivity index (χ2n) is 3.51. The highest BCUT2D eigenvalue weighted by Gasteiger charge is 2.38. The van der Waals surface area contributed by atoms with Crippen molar-refractivity contribution in [2.75, 3.05) is 0 Å². The van der Waals surface area contributed by atoms with E-state index in [1.807, 2.05) is 0 Å². The van der Waals surface area contributed by atoms with Crippen LogP contribution in [-0.4, -0.2) is 5.11 Å². The van der Waals surface area contributed by atoms with Crippen molar-refractivity contribution in [3.8, 4) is 0 Å². The van der Waals surface area contributed by atoms with Crippen LogP contribution in [0.2, 0.25) is 0 Å². The molecule has 1 aliphatic rings. The fraction of sp³-hybridized carbons (Fsp3) is 0.400. The first-order valence-corrected chi connectivity index (χ1v) is 4.30. The Morgan fingerprint density at radius 1 is 1.23 bits per heavy atom. The second kappa shape index (κ2) is 2.77. The lowest BCUT2D eigenvalue weighted by atomic mass is 9.75. The van der Waals surface area contributed by atoms with Gasteiger partial charge in [-0.1, -0.05) is 0 Å². The molecule has 1 N–H and O–H groups in total. The lowest BCUT2D eigenvalue weighted by Gasteiger charge is -2.37. The molecule has 1 aliphatic carbocycles. The molecule has 0 bridgehead atoms. The van der Waals surface area contributed by atoms with Crippen molar-refractivity contribution >= 4 is 0 Å². The molecule has 0 saturated heterocycles. The van der Waals surface area contributed by atoms with E-state index in [-0.39, 0.29) is 5.56 Å². The van der Waals surface area contributed by atoms with Gasteiger partial charge in [0.25, 0.3) is 0 Å². The minimum absolute atomic E-state index is 0.0961. The van der Waals surface area contributed by atoms with Crippen LogP contribution >= 0.6 is 0 Å². The maximum absolute atomic E-state index is 13.2. The Kier molecular flexibility index (Phi) is 1.84. The van der Waals surface area contributed by atoms with Gasteiger partial charge in [0.05, 0.1) is 5.60 Å². The molecule has 0 amide bonds. The van der Waals surface area contributed by atoms with Crippen LogP contribution < -0.4 is 0 Å². The molecule has 2 rings (SSSR count). The van der Waals surface area contributed by atoms with Gasteiger partial charge in [0, 0.05) is 5.56 Å². The third kappa shape index (κ3) is 1.33. The highest BCUT2D eigenvalue weighted by atomic mass is 19.1. The first kappa shape index (κ1) is 8.63. The third-order valence-corrected chi connectivity index (χ3v) is 2.61. The van der Waals surface area contributed by atoms with Gasteiger partial charge in [-0.3, -0.25) is 0 Å². The number of hydrogen-bond acceptors (Lipinski definition) is 1. The number of hydrogen-bond donors (Lipinski definition) is 1. The molecule has 0 radical (unpaired) electrons. The predicted octanol–water partition coefficient (Wildman–Crippen LogP) is 2.34. The highest BCUT2D eigenvalue weighted by molar-refractivity contribution is 5.27. The molecule has 3 heteroatoms. The number of benzene rings is 1. The Morgan fingerprint density at radius 3 is 2.46 bits per heavy atom. The van der Waals surface area contributed by atoms with Gasteiger partial charge < -0.3 is 5.11 Å². The van der Waals surface area contributed by atoms with E-state index in [9.17, 15) is 13.9 Å². The number of aliphatic hydroxyl groups is 1. The molecule has 0 spiro atoms. The van der Waals surface area contributed by atoms with Crippen LogP contribution in [0.15, 0.2) is 18.2 Å². The van der Waals surface area contributed by atoms with E-state index in [1.165, 1.54) is 0 Å². The topological polar surface area (TPSA) is 20.2 Å².